The molecule has 0 spiro atoms. The van der Waals surface area contributed by atoms with Crippen molar-refractivity contribution in [2.75, 3.05) is 6.54 Å². The number of hydrogen-bond acceptors (Lipinski definition) is 4. The second kappa shape index (κ2) is 7.27. The van der Waals surface area contributed by atoms with E-state index in [-0.39, 0.29) is 16.8 Å². The molecule has 2 unspecified atom stereocenters. The van der Waals surface area contributed by atoms with Gasteiger partial charge in [0.1, 0.15) is 5.54 Å². The normalized spacial score (nSPS) is 38.1. The summed E-state index contributed by atoms with van der Waals surface area (Å²) < 4.78 is 29.2. The lowest BCUT2D eigenvalue weighted by molar-refractivity contribution is -0.150. The summed E-state index contributed by atoms with van der Waals surface area (Å²) in [5.74, 6) is 0.955. The maximum absolute atomic E-state index is 13.9. The van der Waals surface area contributed by atoms with E-state index in [4.69, 9.17) is 0 Å². The maximum atomic E-state index is 13.9. The number of rotatable bonds is 4. The molecule has 176 valence electrons. The van der Waals surface area contributed by atoms with Crippen molar-refractivity contribution in [3.05, 3.63) is 42.5 Å². The largest absolute Gasteiger partial charge is 0.390 e. The molecule has 2 N–H and O–H groups in total. The highest BCUT2D eigenvalue weighted by Crippen LogP contribution is 2.55. The van der Waals surface area contributed by atoms with Gasteiger partial charge in [-0.05, 0) is 81.1 Å². The molecule has 3 atom stereocenters. The van der Waals surface area contributed by atoms with Crippen LogP contribution in [0.5, 0.6) is 0 Å². The van der Waals surface area contributed by atoms with Crippen LogP contribution in [0.1, 0.15) is 51.9 Å². The van der Waals surface area contributed by atoms with Crippen LogP contribution in [0.2, 0.25) is 0 Å². The summed E-state index contributed by atoms with van der Waals surface area (Å²) >= 11 is 0. The average Bonchev–Trinajstić information content (AvgIpc) is 3.18. The summed E-state index contributed by atoms with van der Waals surface area (Å²) in [4.78, 5) is 14.0. The quantitative estimate of drug-likeness (QED) is 0.720. The maximum Gasteiger partial charge on any atom is 0.244 e. The van der Waals surface area contributed by atoms with Crippen LogP contribution in [0.3, 0.4) is 0 Å². The Labute approximate surface area is 195 Å². The first-order valence-corrected chi connectivity index (χ1v) is 13.7. The lowest BCUT2D eigenvalue weighted by atomic mass is 9.52. The van der Waals surface area contributed by atoms with Crippen LogP contribution in [0.4, 0.5) is 0 Å². The molecule has 5 aliphatic rings. The Morgan fingerprint density at radius 1 is 1.06 bits per heavy atom. The van der Waals surface area contributed by atoms with Crippen molar-refractivity contribution in [2.24, 2.45) is 17.8 Å². The number of sulfonamides is 1. The van der Waals surface area contributed by atoms with Crippen molar-refractivity contribution in [3.63, 3.8) is 0 Å². The Hall–Kier alpha value is -1.96. The fourth-order valence-electron chi connectivity index (χ4n) is 7.61. The van der Waals surface area contributed by atoms with Crippen molar-refractivity contribution in [1.82, 2.24) is 9.62 Å². The number of aliphatic hydroxyl groups is 1. The number of benzene rings is 2. The molecule has 1 amide bonds. The molecule has 2 aromatic carbocycles. The van der Waals surface area contributed by atoms with Gasteiger partial charge in [0.15, 0.2) is 0 Å². The van der Waals surface area contributed by atoms with Crippen molar-refractivity contribution in [3.8, 4) is 0 Å². The minimum absolute atomic E-state index is 0.0360. The van der Waals surface area contributed by atoms with Crippen LogP contribution >= 0.6 is 0 Å². The first kappa shape index (κ1) is 21.6. The lowest BCUT2D eigenvalue weighted by Crippen LogP contribution is -2.65. The van der Waals surface area contributed by atoms with Gasteiger partial charge in [0.25, 0.3) is 0 Å². The molecule has 1 saturated heterocycles. The molecular formula is C26H32N2O4S. The minimum atomic E-state index is -3.86. The van der Waals surface area contributed by atoms with Gasteiger partial charge < -0.3 is 10.4 Å². The molecule has 5 fully saturated rings. The molecule has 4 saturated carbocycles. The first-order valence-electron chi connectivity index (χ1n) is 12.2. The van der Waals surface area contributed by atoms with Crippen molar-refractivity contribution < 1.29 is 18.3 Å². The number of carbonyl (C=O) groups is 1. The van der Waals surface area contributed by atoms with Crippen LogP contribution in [0.15, 0.2) is 47.4 Å². The highest BCUT2D eigenvalue weighted by atomic mass is 32.2. The monoisotopic (exact) mass is 468 g/mol. The third-order valence-corrected chi connectivity index (χ3v) is 11.0. The number of fused-ring (bicyclic) bond motifs is 1. The van der Waals surface area contributed by atoms with Gasteiger partial charge in [-0.2, -0.15) is 4.31 Å². The van der Waals surface area contributed by atoms with Crippen molar-refractivity contribution >= 4 is 26.7 Å². The van der Waals surface area contributed by atoms with E-state index in [9.17, 15) is 18.3 Å². The molecule has 6 nitrogen and oxygen atoms in total. The molecule has 7 heteroatoms. The van der Waals surface area contributed by atoms with Crippen LogP contribution in [-0.2, 0) is 14.8 Å². The van der Waals surface area contributed by atoms with Gasteiger partial charge in [0, 0.05) is 18.0 Å². The topological polar surface area (TPSA) is 86.7 Å². The SMILES string of the molecule is C[C@]1(C(=O)NC2C3CC4CC2CC(O)(C4)C3)CCCN1S(=O)(=O)c1cccc2ccccc12. The summed E-state index contributed by atoms with van der Waals surface area (Å²) in [6, 6.07) is 12.8. The smallest absolute Gasteiger partial charge is 0.244 e. The van der Waals surface area contributed by atoms with E-state index in [0.29, 0.717) is 42.5 Å². The van der Waals surface area contributed by atoms with E-state index in [2.05, 4.69) is 5.32 Å². The molecule has 7 rings (SSSR count). The van der Waals surface area contributed by atoms with E-state index in [1.165, 1.54) is 4.31 Å². The summed E-state index contributed by atoms with van der Waals surface area (Å²) in [5.41, 5.74) is -1.67. The van der Waals surface area contributed by atoms with E-state index in [1.54, 1.807) is 19.1 Å². The average molecular weight is 469 g/mol. The minimum Gasteiger partial charge on any atom is -0.390 e. The second-order valence-corrected chi connectivity index (χ2v) is 13.0. The Bertz CT molecular complexity index is 1210. The molecular weight excluding hydrogens is 436 g/mol. The molecule has 4 aliphatic carbocycles. The van der Waals surface area contributed by atoms with Crippen molar-refractivity contribution in [1.29, 1.82) is 0 Å². The van der Waals surface area contributed by atoms with E-state index >= 15 is 0 Å². The third kappa shape index (κ3) is 3.27. The zero-order chi connectivity index (χ0) is 23.0. The lowest BCUT2D eigenvalue weighted by Gasteiger charge is -2.58. The van der Waals surface area contributed by atoms with Gasteiger partial charge >= 0.3 is 0 Å². The van der Waals surface area contributed by atoms with Gasteiger partial charge in [-0.3, -0.25) is 4.79 Å². The highest BCUT2D eigenvalue weighted by Gasteiger charge is 2.57. The number of nitrogens with zero attached hydrogens (tertiary/aromatic N) is 1. The number of nitrogens with one attached hydrogen (secondary N) is 1. The standard InChI is InChI=1S/C26H32N2O4S/c1-25(24(29)27-23-19-12-17-13-20(23)16-26(30,14-17)15-19)10-5-11-28(25)33(31,32)22-9-4-7-18-6-2-3-8-21(18)22/h2-4,6-9,17,19-20,23,30H,5,10-16H2,1H3,(H,27,29)/t17?,19?,20?,23?,25-,26?/m1/s1. The predicted octanol–water partition coefficient (Wildman–Crippen LogP) is 3.44. The highest BCUT2D eigenvalue weighted by molar-refractivity contribution is 7.89. The zero-order valence-corrected chi connectivity index (χ0v) is 19.9. The van der Waals surface area contributed by atoms with Crippen LogP contribution < -0.4 is 5.32 Å². The molecule has 1 aliphatic heterocycles. The van der Waals surface area contributed by atoms with E-state index in [0.717, 1.165) is 37.5 Å². The number of amides is 1. The number of hydrogen-bond donors (Lipinski definition) is 2. The van der Waals surface area contributed by atoms with E-state index < -0.39 is 21.2 Å². The van der Waals surface area contributed by atoms with Gasteiger partial charge in [0.2, 0.25) is 15.9 Å². The number of carbonyl (C=O) groups excluding carboxylic acids is 1. The summed E-state index contributed by atoms with van der Waals surface area (Å²) in [7, 11) is -3.86. The second-order valence-electron chi connectivity index (χ2n) is 11.1. The van der Waals surface area contributed by atoms with Gasteiger partial charge in [-0.15, -0.1) is 0 Å². The molecule has 4 bridgehead atoms. The van der Waals surface area contributed by atoms with Crippen LogP contribution in [-0.4, -0.2) is 47.5 Å². The van der Waals surface area contributed by atoms with Crippen LogP contribution in [0, 0.1) is 17.8 Å². The molecule has 0 radical (unpaired) electrons. The fourth-order valence-corrected chi connectivity index (χ4v) is 9.64. The van der Waals surface area contributed by atoms with Gasteiger partial charge in [-0.1, -0.05) is 36.4 Å². The Morgan fingerprint density at radius 3 is 2.48 bits per heavy atom. The van der Waals surface area contributed by atoms with E-state index in [1.807, 2.05) is 30.3 Å². The van der Waals surface area contributed by atoms with Crippen LogP contribution in [0.25, 0.3) is 10.8 Å². The molecule has 1 heterocycles. The van der Waals surface area contributed by atoms with Gasteiger partial charge in [0.05, 0.1) is 10.5 Å². The van der Waals surface area contributed by atoms with Crippen molar-refractivity contribution in [2.45, 2.75) is 73.9 Å². The molecule has 33 heavy (non-hydrogen) atoms. The Kier molecular flexibility index (Phi) is 4.75. The molecule has 2 aromatic rings. The predicted molar refractivity (Wildman–Crippen MR) is 126 cm³/mol. The summed E-state index contributed by atoms with van der Waals surface area (Å²) in [6.07, 6.45) is 5.68. The fraction of sp³-hybridized carbons (Fsp3) is 0.577. The first-order chi connectivity index (χ1) is 15.7. The van der Waals surface area contributed by atoms with Gasteiger partial charge in [-0.25, -0.2) is 8.42 Å². The Morgan fingerprint density at radius 2 is 1.76 bits per heavy atom. The summed E-state index contributed by atoms with van der Waals surface area (Å²) in [6.45, 7) is 2.12. The summed E-state index contributed by atoms with van der Waals surface area (Å²) in [5, 5.41) is 15.7. The molecule has 0 aromatic heterocycles. The zero-order valence-electron chi connectivity index (χ0n) is 19.0. The third-order valence-electron chi connectivity index (χ3n) is 8.92. The Balaban J connectivity index is 1.29.